The topological polar surface area (TPSA) is 27.7 Å². The SMILES string of the molecule is [Cl-].[Cu+].c1ccc(OP(Oc2ccccc2)c2cccc(OP(c3ccccc3)c3ccccc3)c2)cc1. The Kier molecular flexibility index (Phi) is 11.5. The molecule has 0 amide bonds. The number of halogens is 1. The van der Waals surface area contributed by atoms with Gasteiger partial charge in [0.05, 0.1) is 5.30 Å². The van der Waals surface area contributed by atoms with Crippen molar-refractivity contribution < 1.29 is 43.0 Å². The van der Waals surface area contributed by atoms with E-state index in [1.807, 2.05) is 121 Å². The van der Waals surface area contributed by atoms with Gasteiger partial charge in [0, 0.05) is 10.6 Å². The average molecular weight is 593 g/mol. The van der Waals surface area contributed by atoms with Crippen LogP contribution in [0.2, 0.25) is 0 Å². The van der Waals surface area contributed by atoms with Crippen molar-refractivity contribution in [1.82, 2.24) is 0 Å². The maximum atomic E-state index is 6.64. The van der Waals surface area contributed by atoms with Crippen molar-refractivity contribution >= 4 is 32.4 Å². The third-order valence-corrected chi connectivity index (χ3v) is 8.45. The minimum Gasteiger partial charge on any atom is -1.00 e. The van der Waals surface area contributed by atoms with Crippen LogP contribution < -0.4 is 41.9 Å². The molecular formula is C30H24ClCuO3P2. The quantitative estimate of drug-likeness (QED) is 0.190. The first-order valence-corrected chi connectivity index (χ1v) is 13.7. The van der Waals surface area contributed by atoms with E-state index in [2.05, 4.69) is 24.3 Å². The molecule has 0 aliphatic carbocycles. The molecule has 0 spiro atoms. The van der Waals surface area contributed by atoms with Gasteiger partial charge in [0.25, 0.3) is 0 Å². The van der Waals surface area contributed by atoms with E-state index in [1.165, 1.54) is 0 Å². The van der Waals surface area contributed by atoms with Gasteiger partial charge in [-0.25, -0.2) is 0 Å². The Balaban J connectivity index is 0.00000190. The van der Waals surface area contributed by atoms with Crippen molar-refractivity contribution in [1.29, 1.82) is 0 Å². The van der Waals surface area contributed by atoms with Crippen LogP contribution in [0.1, 0.15) is 0 Å². The van der Waals surface area contributed by atoms with Crippen LogP contribution in [0, 0.1) is 0 Å². The third kappa shape index (κ3) is 8.08. The molecule has 0 aliphatic heterocycles. The first-order chi connectivity index (χ1) is 17.3. The zero-order valence-corrected chi connectivity index (χ0v) is 23.1. The molecule has 5 rings (SSSR count). The summed E-state index contributed by atoms with van der Waals surface area (Å²) in [7, 11) is -2.46. The van der Waals surface area contributed by atoms with Crippen LogP contribution >= 0.6 is 16.5 Å². The molecule has 0 atom stereocenters. The molecule has 0 aromatic heterocycles. The van der Waals surface area contributed by atoms with E-state index in [4.69, 9.17) is 13.6 Å². The van der Waals surface area contributed by atoms with Gasteiger partial charge in [0.1, 0.15) is 17.2 Å². The van der Waals surface area contributed by atoms with Crippen LogP contribution in [-0.2, 0) is 17.1 Å². The number of benzene rings is 5. The van der Waals surface area contributed by atoms with Crippen LogP contribution in [0.5, 0.6) is 17.2 Å². The average Bonchev–Trinajstić information content (AvgIpc) is 2.94. The molecule has 7 heteroatoms. The fourth-order valence-corrected chi connectivity index (χ4v) is 6.45. The van der Waals surface area contributed by atoms with Crippen molar-refractivity contribution in [3.63, 3.8) is 0 Å². The van der Waals surface area contributed by atoms with Crippen molar-refractivity contribution in [3.05, 3.63) is 146 Å². The van der Waals surface area contributed by atoms with Crippen molar-refractivity contribution in [2.24, 2.45) is 0 Å². The van der Waals surface area contributed by atoms with Gasteiger partial charge in [-0.2, -0.15) is 0 Å². The predicted molar refractivity (Wildman–Crippen MR) is 147 cm³/mol. The summed E-state index contributed by atoms with van der Waals surface area (Å²) in [5.41, 5.74) is 0. The molecule has 0 saturated heterocycles. The zero-order valence-electron chi connectivity index (χ0n) is 19.7. The summed E-state index contributed by atoms with van der Waals surface area (Å²) >= 11 is 0. The fourth-order valence-electron chi connectivity index (χ4n) is 3.42. The summed E-state index contributed by atoms with van der Waals surface area (Å²) in [5, 5.41) is 3.24. The maximum absolute atomic E-state index is 6.64. The minimum absolute atomic E-state index is 0. The molecule has 190 valence electrons. The summed E-state index contributed by atoms with van der Waals surface area (Å²) < 4.78 is 19.3. The molecule has 0 unspecified atom stereocenters. The molecule has 37 heavy (non-hydrogen) atoms. The van der Waals surface area contributed by atoms with Gasteiger partial charge in [-0.3, -0.25) is 0 Å². The minimum atomic E-state index is -1.43. The fraction of sp³-hybridized carbons (Fsp3) is 0. The first-order valence-electron chi connectivity index (χ1n) is 11.3. The summed E-state index contributed by atoms with van der Waals surface area (Å²) in [6.07, 6.45) is 0. The summed E-state index contributed by atoms with van der Waals surface area (Å²) in [5.74, 6) is 2.30. The summed E-state index contributed by atoms with van der Waals surface area (Å²) in [4.78, 5) is 0. The standard InChI is InChI=1S/C30H24O3P2.ClH.Cu/c1-5-14-25(15-6-1)32-35(33-26-16-7-2-8-17-26)30-23-13-18-27(24-30)31-34(28-19-9-3-10-20-28)29-21-11-4-12-22-29;;/h1-24H;1H;/q;;+1/p-1. The predicted octanol–water partition coefficient (Wildman–Crippen LogP) is 4.21. The van der Waals surface area contributed by atoms with E-state index >= 15 is 0 Å². The Morgan fingerprint density at radius 3 is 1.22 bits per heavy atom. The van der Waals surface area contributed by atoms with E-state index in [0.717, 1.165) is 33.2 Å². The number of hydrogen-bond donors (Lipinski definition) is 0. The Morgan fingerprint density at radius 1 is 0.378 bits per heavy atom. The largest absolute Gasteiger partial charge is 1.00 e. The molecule has 5 aromatic rings. The second-order valence-corrected chi connectivity index (χ2v) is 10.8. The van der Waals surface area contributed by atoms with Crippen molar-refractivity contribution in [2.75, 3.05) is 0 Å². The number of hydrogen-bond acceptors (Lipinski definition) is 3. The van der Waals surface area contributed by atoms with Crippen molar-refractivity contribution in [2.45, 2.75) is 0 Å². The molecule has 0 heterocycles. The molecule has 3 nitrogen and oxygen atoms in total. The Morgan fingerprint density at radius 2 is 0.757 bits per heavy atom. The second-order valence-electron chi connectivity index (χ2n) is 7.62. The van der Waals surface area contributed by atoms with E-state index in [1.54, 1.807) is 0 Å². The van der Waals surface area contributed by atoms with Gasteiger partial charge in [0.2, 0.25) is 0 Å². The van der Waals surface area contributed by atoms with Gasteiger partial charge in [-0.05, 0) is 42.5 Å². The van der Waals surface area contributed by atoms with Gasteiger partial charge in [-0.1, -0.05) is 103 Å². The maximum Gasteiger partial charge on any atom is 1.00 e. The van der Waals surface area contributed by atoms with E-state index in [-0.39, 0.29) is 29.5 Å². The monoisotopic (exact) mass is 592 g/mol. The smallest absolute Gasteiger partial charge is 1.00 e. The van der Waals surface area contributed by atoms with Crippen LogP contribution in [0.15, 0.2) is 146 Å². The van der Waals surface area contributed by atoms with Gasteiger partial charge >= 0.3 is 25.4 Å². The molecule has 0 bridgehead atoms. The van der Waals surface area contributed by atoms with Crippen LogP contribution in [0.4, 0.5) is 0 Å². The van der Waals surface area contributed by atoms with E-state index in [0.29, 0.717) is 0 Å². The normalized spacial score (nSPS) is 10.2. The van der Waals surface area contributed by atoms with Crippen molar-refractivity contribution in [3.8, 4) is 17.2 Å². The summed E-state index contributed by atoms with van der Waals surface area (Å²) in [6.45, 7) is 0. The molecule has 0 fully saturated rings. The van der Waals surface area contributed by atoms with Crippen LogP contribution in [-0.4, -0.2) is 0 Å². The van der Waals surface area contributed by atoms with Crippen LogP contribution in [0.3, 0.4) is 0 Å². The molecule has 0 radical (unpaired) electrons. The first kappa shape index (κ1) is 28.7. The molecule has 0 saturated carbocycles. The Hall–Kier alpha value is -2.83. The van der Waals surface area contributed by atoms with Crippen LogP contribution in [0.25, 0.3) is 0 Å². The Labute approximate surface area is 237 Å². The number of rotatable bonds is 9. The van der Waals surface area contributed by atoms with Gasteiger partial charge < -0.3 is 26.0 Å². The zero-order chi connectivity index (χ0) is 23.7. The van der Waals surface area contributed by atoms with Gasteiger partial charge in [-0.15, -0.1) is 0 Å². The molecule has 0 N–H and O–H groups in total. The van der Waals surface area contributed by atoms with Gasteiger partial charge in [0.15, 0.2) is 8.15 Å². The van der Waals surface area contributed by atoms with E-state index in [9.17, 15) is 0 Å². The summed E-state index contributed by atoms with van der Waals surface area (Å²) in [6, 6.07) is 48.3. The number of para-hydroxylation sites is 2. The van der Waals surface area contributed by atoms with E-state index < -0.39 is 16.5 Å². The second kappa shape index (κ2) is 14.8. The Bertz CT molecular complexity index is 1250. The molecule has 5 aromatic carbocycles. The third-order valence-electron chi connectivity index (χ3n) is 5.07. The molecular weight excluding hydrogens is 569 g/mol. The molecule has 0 aliphatic rings.